The third-order valence-corrected chi connectivity index (χ3v) is 5.58. The largest absolute Gasteiger partial charge is 0.487 e. The van der Waals surface area contributed by atoms with Crippen LogP contribution in [0, 0.1) is 11.3 Å². The molecule has 35 heavy (non-hydrogen) atoms. The number of carbonyl (C=O) groups is 1. The molecule has 0 saturated carbocycles. The fraction of sp³-hybridized carbons (Fsp3) is 0.0769. The van der Waals surface area contributed by atoms with Crippen molar-refractivity contribution < 1.29 is 14.1 Å². The van der Waals surface area contributed by atoms with Crippen molar-refractivity contribution in [2.24, 2.45) is 7.05 Å². The molecule has 5 aromatic rings. The van der Waals surface area contributed by atoms with Crippen LogP contribution in [0.3, 0.4) is 0 Å². The number of H-pyrrole nitrogens is 1. The van der Waals surface area contributed by atoms with Gasteiger partial charge in [0.2, 0.25) is 0 Å². The van der Waals surface area contributed by atoms with Gasteiger partial charge in [-0.25, -0.2) is 4.79 Å². The molecule has 2 heterocycles. The average molecular weight is 465 g/mol. The smallest absolute Gasteiger partial charge is 0.439 e. The van der Waals surface area contributed by atoms with Crippen molar-refractivity contribution in [1.29, 1.82) is 5.26 Å². The number of anilines is 1. The van der Waals surface area contributed by atoms with Crippen LogP contribution in [-0.2, 0) is 13.7 Å². The van der Waals surface area contributed by atoms with Crippen molar-refractivity contribution in [3.8, 4) is 23.2 Å². The van der Waals surface area contributed by atoms with Crippen LogP contribution in [0.15, 0.2) is 82.1 Å². The monoisotopic (exact) mass is 465 g/mol. The number of amides is 1. The molecular weight excluding hydrogens is 446 g/mol. The summed E-state index contributed by atoms with van der Waals surface area (Å²) in [6, 6.07) is 24.0. The molecule has 9 heteroatoms. The predicted molar refractivity (Wildman–Crippen MR) is 129 cm³/mol. The topological polar surface area (TPSA) is 126 Å². The first-order chi connectivity index (χ1) is 17.0. The summed E-state index contributed by atoms with van der Waals surface area (Å²) in [6.45, 7) is 0.400. The van der Waals surface area contributed by atoms with E-state index in [1.807, 2.05) is 54.6 Å². The van der Waals surface area contributed by atoms with Gasteiger partial charge in [-0.1, -0.05) is 47.6 Å². The summed E-state index contributed by atoms with van der Waals surface area (Å²) in [6.07, 6.45) is 0. The quantitative estimate of drug-likeness (QED) is 0.387. The van der Waals surface area contributed by atoms with E-state index in [2.05, 4.69) is 20.0 Å². The molecule has 0 saturated heterocycles. The molecule has 0 aliphatic carbocycles. The Balaban J connectivity index is 1.47. The zero-order chi connectivity index (χ0) is 24.4. The number of aromatic nitrogens is 3. The number of nitriles is 1. The number of fused-ring (bicyclic) bond motifs is 1. The van der Waals surface area contributed by atoms with Crippen LogP contribution in [0.1, 0.15) is 21.6 Å². The molecule has 3 aromatic carbocycles. The molecule has 0 radical (unpaired) electrons. The number of hydrogen-bond donors (Lipinski definition) is 2. The highest BCUT2D eigenvalue weighted by atomic mass is 16.5. The lowest BCUT2D eigenvalue weighted by Gasteiger charge is -2.12. The number of benzene rings is 3. The van der Waals surface area contributed by atoms with Gasteiger partial charge in [-0.15, -0.1) is 0 Å². The summed E-state index contributed by atoms with van der Waals surface area (Å²) in [5.41, 5.74) is 3.29. The fourth-order valence-corrected chi connectivity index (χ4v) is 3.90. The maximum atomic E-state index is 13.3. The van der Waals surface area contributed by atoms with Crippen molar-refractivity contribution in [3.05, 3.63) is 100 Å². The van der Waals surface area contributed by atoms with Gasteiger partial charge in [-0.05, 0) is 35.9 Å². The molecule has 2 aromatic heterocycles. The molecule has 1 amide bonds. The SMILES string of the molecule is Cn1c(C(=O)Nc2ccc(C#N)cc2-c2noc(=O)[nH]2)cc2cccc(OCc3ccccc3)c21. The second kappa shape index (κ2) is 9.03. The first-order valence-electron chi connectivity index (χ1n) is 10.7. The van der Waals surface area contributed by atoms with Gasteiger partial charge in [-0.3, -0.25) is 14.3 Å². The van der Waals surface area contributed by atoms with Gasteiger partial charge in [0.05, 0.1) is 22.8 Å². The molecule has 0 bridgehead atoms. The first kappa shape index (κ1) is 21.7. The fourth-order valence-electron chi connectivity index (χ4n) is 3.90. The molecule has 2 N–H and O–H groups in total. The highest BCUT2D eigenvalue weighted by Gasteiger charge is 2.19. The Labute approximate surface area is 199 Å². The molecule has 0 spiro atoms. The summed E-state index contributed by atoms with van der Waals surface area (Å²) >= 11 is 0. The van der Waals surface area contributed by atoms with Gasteiger partial charge in [0.15, 0.2) is 5.82 Å². The molecule has 0 fully saturated rings. The van der Waals surface area contributed by atoms with E-state index < -0.39 is 5.76 Å². The van der Waals surface area contributed by atoms with Gasteiger partial charge in [-0.2, -0.15) is 5.26 Å². The molecule has 0 atom stereocenters. The number of hydrogen-bond acceptors (Lipinski definition) is 6. The first-order valence-corrected chi connectivity index (χ1v) is 10.7. The van der Waals surface area contributed by atoms with Gasteiger partial charge < -0.3 is 14.6 Å². The van der Waals surface area contributed by atoms with Gasteiger partial charge in [0, 0.05) is 18.0 Å². The van der Waals surface area contributed by atoms with Crippen LogP contribution < -0.4 is 15.8 Å². The van der Waals surface area contributed by atoms with Gasteiger partial charge >= 0.3 is 5.76 Å². The van der Waals surface area contributed by atoms with Crippen molar-refractivity contribution in [2.75, 3.05) is 5.32 Å². The molecular formula is C26H19N5O4. The number of nitrogens with zero attached hydrogens (tertiary/aromatic N) is 3. The van der Waals surface area contributed by atoms with Crippen LogP contribution in [0.5, 0.6) is 5.75 Å². The lowest BCUT2D eigenvalue weighted by molar-refractivity contribution is 0.101. The summed E-state index contributed by atoms with van der Waals surface area (Å²) in [5, 5.41) is 16.6. The zero-order valence-electron chi connectivity index (χ0n) is 18.6. The van der Waals surface area contributed by atoms with E-state index in [-0.39, 0.29) is 11.7 Å². The van der Waals surface area contributed by atoms with E-state index >= 15 is 0 Å². The standard InChI is InChI=1S/C26H19N5O4/c1-31-21(13-18-8-5-9-22(23(18)31)34-15-16-6-3-2-4-7-16)25(32)28-20-11-10-17(14-27)12-19(20)24-29-26(33)35-30-24/h2-13H,15H2,1H3,(H,28,32)(H,29,30,33). The lowest BCUT2D eigenvalue weighted by atomic mass is 10.1. The molecule has 172 valence electrons. The third kappa shape index (κ3) is 4.28. The number of nitrogens with one attached hydrogen (secondary N) is 2. The Morgan fingerprint density at radius 1 is 1.14 bits per heavy atom. The minimum Gasteiger partial charge on any atom is -0.487 e. The number of aryl methyl sites for hydroxylation is 1. The average Bonchev–Trinajstić information content (AvgIpc) is 3.47. The molecule has 9 nitrogen and oxygen atoms in total. The summed E-state index contributed by atoms with van der Waals surface area (Å²) in [5.74, 6) is -0.353. The Kier molecular flexibility index (Phi) is 5.61. The predicted octanol–water partition coefficient (Wildman–Crippen LogP) is 4.22. The Morgan fingerprint density at radius 2 is 1.97 bits per heavy atom. The summed E-state index contributed by atoms with van der Waals surface area (Å²) in [7, 11) is 1.79. The van der Waals surface area contributed by atoms with E-state index in [9.17, 15) is 14.9 Å². The minimum absolute atomic E-state index is 0.107. The van der Waals surface area contributed by atoms with Crippen molar-refractivity contribution in [3.63, 3.8) is 0 Å². The third-order valence-electron chi connectivity index (χ3n) is 5.58. The second-order valence-corrected chi connectivity index (χ2v) is 7.83. The van der Waals surface area contributed by atoms with E-state index in [0.717, 1.165) is 16.5 Å². The van der Waals surface area contributed by atoms with Crippen LogP contribution in [-0.4, -0.2) is 20.6 Å². The molecule has 0 unspecified atom stereocenters. The van der Waals surface area contributed by atoms with Gasteiger partial charge in [0.25, 0.3) is 5.91 Å². The van der Waals surface area contributed by atoms with Crippen LogP contribution in [0.25, 0.3) is 22.3 Å². The lowest BCUT2D eigenvalue weighted by Crippen LogP contribution is -2.16. The number of carbonyl (C=O) groups excluding carboxylic acids is 1. The number of rotatable bonds is 6. The molecule has 5 rings (SSSR count). The number of ether oxygens (including phenoxy) is 1. The maximum absolute atomic E-state index is 13.3. The normalized spacial score (nSPS) is 10.7. The summed E-state index contributed by atoms with van der Waals surface area (Å²) < 4.78 is 12.4. The van der Waals surface area contributed by atoms with Gasteiger partial charge in [0.1, 0.15) is 18.1 Å². The zero-order valence-corrected chi connectivity index (χ0v) is 18.6. The van der Waals surface area contributed by atoms with Crippen LogP contribution in [0.4, 0.5) is 5.69 Å². The van der Waals surface area contributed by atoms with Crippen molar-refractivity contribution in [1.82, 2.24) is 14.7 Å². The highest BCUT2D eigenvalue weighted by molar-refractivity contribution is 6.08. The maximum Gasteiger partial charge on any atom is 0.439 e. The summed E-state index contributed by atoms with van der Waals surface area (Å²) in [4.78, 5) is 27.2. The number of para-hydroxylation sites is 1. The highest BCUT2D eigenvalue weighted by Crippen LogP contribution is 2.31. The van der Waals surface area contributed by atoms with E-state index in [0.29, 0.717) is 34.9 Å². The Hall–Kier alpha value is -5.10. The van der Waals surface area contributed by atoms with Crippen LogP contribution >= 0.6 is 0 Å². The molecule has 0 aliphatic heterocycles. The van der Waals surface area contributed by atoms with Crippen molar-refractivity contribution >= 4 is 22.5 Å². The number of aromatic amines is 1. The van der Waals surface area contributed by atoms with Crippen molar-refractivity contribution in [2.45, 2.75) is 6.61 Å². The van der Waals surface area contributed by atoms with E-state index in [4.69, 9.17) is 4.74 Å². The Bertz CT molecular complexity index is 1640. The van der Waals surface area contributed by atoms with E-state index in [1.54, 1.807) is 29.8 Å². The second-order valence-electron chi connectivity index (χ2n) is 7.83. The Morgan fingerprint density at radius 3 is 2.71 bits per heavy atom. The minimum atomic E-state index is -0.739. The van der Waals surface area contributed by atoms with E-state index in [1.165, 1.54) is 6.07 Å². The van der Waals surface area contributed by atoms with Crippen LogP contribution in [0.2, 0.25) is 0 Å². The molecule has 0 aliphatic rings.